The molecule has 0 aromatic carbocycles. The highest BCUT2D eigenvalue weighted by molar-refractivity contribution is 5.88. The molecule has 2 rings (SSSR count). The molecule has 0 amide bonds. The monoisotopic (exact) mass is 560 g/mol. The van der Waals surface area contributed by atoms with Crippen molar-refractivity contribution < 1.29 is 24.2 Å². The fraction of sp³-hybridized carbons (Fsp3) is 0.829. The average molecular weight is 561 g/mol. The molecular formula is C35H60O5. The van der Waals surface area contributed by atoms with E-state index in [0.29, 0.717) is 11.5 Å². The molecule has 2 aliphatic rings. The number of carbonyl (C=O) groups excluding carboxylic acids is 2. The molecule has 1 N–H and O–H groups in total. The molecule has 5 nitrogen and oxygen atoms in total. The van der Waals surface area contributed by atoms with Gasteiger partial charge in [-0.2, -0.15) is 0 Å². The smallest absolute Gasteiger partial charge is 0.335 e. The van der Waals surface area contributed by atoms with Gasteiger partial charge >= 0.3 is 11.9 Å². The van der Waals surface area contributed by atoms with Gasteiger partial charge < -0.3 is 14.6 Å². The van der Waals surface area contributed by atoms with E-state index >= 15 is 0 Å². The Morgan fingerprint density at radius 2 is 1.40 bits per heavy atom. The molecule has 0 aromatic rings. The highest BCUT2D eigenvalue weighted by Crippen LogP contribution is 2.39. The second kappa shape index (κ2) is 19.5. The van der Waals surface area contributed by atoms with E-state index < -0.39 is 18.5 Å². The Bertz CT molecular complexity index is 766. The van der Waals surface area contributed by atoms with Crippen molar-refractivity contribution in [2.24, 2.45) is 35.5 Å². The number of rotatable bonds is 19. The summed E-state index contributed by atoms with van der Waals surface area (Å²) < 4.78 is 10.7. The second-order valence-electron chi connectivity index (χ2n) is 13.4. The molecule has 0 spiro atoms. The first kappa shape index (κ1) is 34.6. The van der Waals surface area contributed by atoms with Gasteiger partial charge in [-0.05, 0) is 49.4 Å². The standard InChI is InChI=1S/C35H60O5/c1-6-7-8-10-29-15-17-30(18-16-29)19-20-32-12-9-11-31(22-32)14-13-27(4)21-33(24-39-34(37)26(2)3)25-40-35(38)28(5)23-36/h27,29-33,36H,2,5-25H2,1,3-4H3. The number of esters is 2. The summed E-state index contributed by atoms with van der Waals surface area (Å²) in [4.78, 5) is 23.9. The maximum Gasteiger partial charge on any atom is 0.335 e. The van der Waals surface area contributed by atoms with Crippen molar-refractivity contribution in [3.8, 4) is 0 Å². The van der Waals surface area contributed by atoms with Crippen LogP contribution in [0.15, 0.2) is 24.3 Å². The maximum absolute atomic E-state index is 12.0. The molecule has 0 saturated heterocycles. The fourth-order valence-corrected chi connectivity index (χ4v) is 6.96. The second-order valence-corrected chi connectivity index (χ2v) is 13.4. The normalized spacial score (nSPS) is 24.6. The largest absolute Gasteiger partial charge is 0.462 e. The fourth-order valence-electron chi connectivity index (χ4n) is 6.96. The lowest BCUT2D eigenvalue weighted by atomic mass is 9.73. The van der Waals surface area contributed by atoms with Crippen LogP contribution in [0.1, 0.15) is 130 Å². The molecular weight excluding hydrogens is 500 g/mol. The Hall–Kier alpha value is -1.62. The summed E-state index contributed by atoms with van der Waals surface area (Å²) >= 11 is 0. The minimum absolute atomic E-state index is 0.0349. The molecule has 5 heteroatoms. The van der Waals surface area contributed by atoms with Crippen LogP contribution in [0.5, 0.6) is 0 Å². The topological polar surface area (TPSA) is 72.8 Å². The highest BCUT2D eigenvalue weighted by atomic mass is 16.5. The van der Waals surface area contributed by atoms with Gasteiger partial charge in [-0.3, -0.25) is 0 Å². The SMILES string of the molecule is C=C(C)C(=O)OCC(COC(=O)C(=C)CO)CC(C)CCC1CCCC(CCC2CCC(CCCCC)CC2)C1. The third-order valence-corrected chi connectivity index (χ3v) is 9.59. The first-order valence-electron chi connectivity index (χ1n) is 16.5. The summed E-state index contributed by atoms with van der Waals surface area (Å²) in [6.45, 7) is 13.3. The van der Waals surface area contributed by atoms with Crippen LogP contribution in [-0.4, -0.2) is 36.9 Å². The average Bonchev–Trinajstić information content (AvgIpc) is 2.96. The molecule has 2 saturated carbocycles. The summed E-state index contributed by atoms with van der Waals surface area (Å²) in [6.07, 6.45) is 23.1. The summed E-state index contributed by atoms with van der Waals surface area (Å²) in [6, 6.07) is 0. The molecule has 230 valence electrons. The lowest BCUT2D eigenvalue weighted by molar-refractivity contribution is -0.144. The molecule has 40 heavy (non-hydrogen) atoms. The van der Waals surface area contributed by atoms with Gasteiger partial charge in [0.1, 0.15) is 0 Å². The van der Waals surface area contributed by atoms with Gasteiger partial charge in [-0.1, -0.05) is 123 Å². The molecule has 0 heterocycles. The molecule has 2 aliphatic carbocycles. The van der Waals surface area contributed by atoms with Gasteiger partial charge in [0.05, 0.1) is 25.4 Å². The quantitative estimate of drug-likeness (QED) is 0.0973. The molecule has 0 aliphatic heterocycles. The predicted octanol–water partition coefficient (Wildman–Crippen LogP) is 8.59. The molecule has 0 bridgehead atoms. The summed E-state index contributed by atoms with van der Waals surface area (Å²) in [5.41, 5.74) is 0.395. The van der Waals surface area contributed by atoms with Crippen LogP contribution >= 0.6 is 0 Å². The minimum Gasteiger partial charge on any atom is -0.462 e. The van der Waals surface area contributed by atoms with E-state index in [1.807, 2.05) is 0 Å². The number of aliphatic hydroxyl groups is 1. The van der Waals surface area contributed by atoms with Crippen LogP contribution in [-0.2, 0) is 19.1 Å². The van der Waals surface area contributed by atoms with Gasteiger partial charge in [-0.15, -0.1) is 0 Å². The Balaban J connectivity index is 1.71. The first-order chi connectivity index (χ1) is 19.2. The van der Waals surface area contributed by atoms with Crippen molar-refractivity contribution in [2.45, 2.75) is 130 Å². The molecule has 0 radical (unpaired) electrons. The number of hydrogen-bond acceptors (Lipinski definition) is 5. The van der Waals surface area contributed by atoms with Crippen molar-refractivity contribution in [3.63, 3.8) is 0 Å². The van der Waals surface area contributed by atoms with Gasteiger partial charge in [0.15, 0.2) is 0 Å². The lowest BCUT2D eigenvalue weighted by Crippen LogP contribution is -2.24. The van der Waals surface area contributed by atoms with Crippen molar-refractivity contribution >= 4 is 11.9 Å². The zero-order chi connectivity index (χ0) is 29.3. The molecule has 4 atom stereocenters. The first-order valence-corrected chi connectivity index (χ1v) is 16.5. The number of aliphatic hydroxyl groups excluding tert-OH is 1. The van der Waals surface area contributed by atoms with Crippen molar-refractivity contribution in [1.29, 1.82) is 0 Å². The van der Waals surface area contributed by atoms with Crippen molar-refractivity contribution in [2.75, 3.05) is 19.8 Å². The Morgan fingerprint density at radius 1 is 0.825 bits per heavy atom. The number of hydrogen-bond donors (Lipinski definition) is 1. The van der Waals surface area contributed by atoms with E-state index in [1.54, 1.807) is 6.92 Å². The van der Waals surface area contributed by atoms with Gasteiger partial charge in [0.2, 0.25) is 0 Å². The van der Waals surface area contributed by atoms with Crippen LogP contribution in [0.2, 0.25) is 0 Å². The van der Waals surface area contributed by atoms with E-state index in [0.717, 1.165) is 36.5 Å². The third-order valence-electron chi connectivity index (χ3n) is 9.59. The Labute approximate surface area is 245 Å². The molecule has 2 fully saturated rings. The van der Waals surface area contributed by atoms with Gasteiger partial charge in [0, 0.05) is 11.5 Å². The van der Waals surface area contributed by atoms with Crippen LogP contribution < -0.4 is 0 Å². The maximum atomic E-state index is 12.0. The van der Waals surface area contributed by atoms with Gasteiger partial charge in [0.25, 0.3) is 0 Å². The Kier molecular flexibility index (Phi) is 16.9. The van der Waals surface area contributed by atoms with E-state index in [9.17, 15) is 9.59 Å². The Morgan fingerprint density at radius 3 is 2.00 bits per heavy atom. The summed E-state index contributed by atoms with van der Waals surface area (Å²) in [7, 11) is 0. The van der Waals surface area contributed by atoms with Crippen molar-refractivity contribution in [3.05, 3.63) is 24.3 Å². The zero-order valence-corrected chi connectivity index (χ0v) is 26.1. The molecule has 4 unspecified atom stereocenters. The van der Waals surface area contributed by atoms with E-state index in [4.69, 9.17) is 14.6 Å². The minimum atomic E-state index is -0.598. The zero-order valence-electron chi connectivity index (χ0n) is 26.1. The summed E-state index contributed by atoms with van der Waals surface area (Å²) in [5.74, 6) is 3.05. The third kappa shape index (κ3) is 13.8. The highest BCUT2D eigenvalue weighted by Gasteiger charge is 2.26. The lowest BCUT2D eigenvalue weighted by Gasteiger charge is -2.33. The van der Waals surface area contributed by atoms with E-state index in [-0.39, 0.29) is 24.7 Å². The van der Waals surface area contributed by atoms with Crippen LogP contribution in [0, 0.1) is 35.5 Å². The number of unbranched alkanes of at least 4 members (excludes halogenated alkanes) is 2. The van der Waals surface area contributed by atoms with Crippen LogP contribution in [0.25, 0.3) is 0 Å². The van der Waals surface area contributed by atoms with Crippen LogP contribution in [0.3, 0.4) is 0 Å². The van der Waals surface area contributed by atoms with E-state index in [2.05, 4.69) is 27.0 Å². The molecule has 0 aromatic heterocycles. The van der Waals surface area contributed by atoms with Crippen molar-refractivity contribution in [1.82, 2.24) is 0 Å². The predicted molar refractivity (Wildman–Crippen MR) is 164 cm³/mol. The van der Waals surface area contributed by atoms with Gasteiger partial charge in [-0.25, -0.2) is 9.59 Å². The van der Waals surface area contributed by atoms with Crippen LogP contribution in [0.4, 0.5) is 0 Å². The van der Waals surface area contributed by atoms with E-state index in [1.165, 1.54) is 96.3 Å². The summed E-state index contributed by atoms with van der Waals surface area (Å²) in [5, 5.41) is 9.13. The number of ether oxygens (including phenoxy) is 2. The number of carbonyl (C=O) groups is 2.